The number of fused-ring (bicyclic) bond motifs is 1. The molecule has 1 saturated heterocycles. The van der Waals surface area contributed by atoms with Crippen LogP contribution in [-0.2, 0) is 63.8 Å². The predicted molar refractivity (Wildman–Crippen MR) is 523 cm³/mol. The number of halogens is 1. The van der Waals surface area contributed by atoms with Crippen LogP contribution in [0.25, 0.3) is 33.4 Å². The maximum atomic E-state index is 13.9. The molecule has 1 saturated carbocycles. The molecule has 6 aliphatic heterocycles. The Hall–Kier alpha value is -14.4. The molecule has 6 amide bonds. The van der Waals surface area contributed by atoms with Gasteiger partial charge >= 0.3 is 0 Å². The van der Waals surface area contributed by atoms with Crippen molar-refractivity contribution in [1.82, 2.24) is 34.4 Å². The number of nitrogens with two attached hydrogens (primary N) is 5. The minimum atomic E-state index is -1.17. The van der Waals surface area contributed by atoms with Gasteiger partial charge in [0.05, 0.1) is 78.9 Å². The van der Waals surface area contributed by atoms with Gasteiger partial charge in [-0.15, -0.1) is 11.3 Å². The molecule has 2 fully saturated rings. The first-order chi connectivity index (χ1) is 63.7. The number of thiophene rings is 1. The Kier molecular flexibility index (Phi) is 28.6. The summed E-state index contributed by atoms with van der Waals surface area (Å²) in [7, 11) is 8.19. The van der Waals surface area contributed by atoms with Gasteiger partial charge in [0.25, 0.3) is 5.91 Å². The highest BCUT2D eigenvalue weighted by molar-refractivity contribution is 9.10. The van der Waals surface area contributed by atoms with E-state index in [1.165, 1.54) is 49.3 Å². The topological polar surface area (TPSA) is 397 Å². The molecule has 18 rings (SSSR count). The first-order valence-corrected chi connectivity index (χ1v) is 45.9. The van der Waals surface area contributed by atoms with Gasteiger partial charge in [0, 0.05) is 86.0 Å². The van der Waals surface area contributed by atoms with E-state index in [2.05, 4.69) is 55.2 Å². The van der Waals surface area contributed by atoms with E-state index < -0.39 is 39.5 Å². The lowest BCUT2D eigenvalue weighted by Gasteiger charge is -2.41. The van der Waals surface area contributed by atoms with Crippen molar-refractivity contribution in [2.75, 3.05) is 54.9 Å². The van der Waals surface area contributed by atoms with Gasteiger partial charge in [0.15, 0.2) is 35.3 Å². The number of hydrogen-bond donors (Lipinski definition) is 5. The summed E-state index contributed by atoms with van der Waals surface area (Å²) < 4.78 is 11.8. The molecule has 133 heavy (non-hydrogen) atoms. The number of hydrogen-bond acceptors (Lipinski definition) is 22. The van der Waals surface area contributed by atoms with E-state index in [9.17, 15) is 34.0 Å². The summed E-state index contributed by atoms with van der Waals surface area (Å²) in [5.74, 6) is 1.38. The van der Waals surface area contributed by atoms with Crippen LogP contribution in [0, 0.1) is 28.6 Å². The second kappa shape index (κ2) is 40.1. The van der Waals surface area contributed by atoms with Crippen molar-refractivity contribution in [2.45, 2.75) is 144 Å². The highest BCUT2D eigenvalue weighted by Gasteiger charge is 2.53. The quantitative estimate of drug-likeness (QED) is 0.0533. The number of piperidine rings is 1. The number of ether oxygens (including phenoxy) is 1. The predicted octanol–water partition coefficient (Wildman–Crippen LogP) is 15.4. The van der Waals surface area contributed by atoms with Gasteiger partial charge in [-0.1, -0.05) is 187 Å². The van der Waals surface area contributed by atoms with E-state index in [1.807, 2.05) is 245 Å². The van der Waals surface area contributed by atoms with Gasteiger partial charge in [-0.05, 0) is 200 Å². The van der Waals surface area contributed by atoms with Gasteiger partial charge in [0.1, 0.15) is 16.7 Å². The second-order valence-corrected chi connectivity index (χ2v) is 37.2. The number of furan rings is 1. The number of pyridine rings is 1. The van der Waals surface area contributed by atoms with Gasteiger partial charge in [-0.3, -0.25) is 53.3 Å². The van der Waals surface area contributed by atoms with E-state index in [0.29, 0.717) is 62.1 Å². The lowest BCUT2D eigenvalue weighted by Crippen LogP contribution is -2.52. The molecule has 3 aromatic heterocycles. The Morgan fingerprint density at radius 1 is 0.564 bits per heavy atom. The zero-order chi connectivity index (χ0) is 94.8. The van der Waals surface area contributed by atoms with Crippen molar-refractivity contribution in [3.63, 3.8) is 0 Å². The van der Waals surface area contributed by atoms with Crippen LogP contribution in [0.15, 0.2) is 276 Å². The van der Waals surface area contributed by atoms with Crippen molar-refractivity contribution in [3.8, 4) is 40.4 Å². The first kappa shape index (κ1) is 94.7. The molecular formula is C104H110BrN19O8S. The van der Waals surface area contributed by atoms with E-state index >= 15 is 0 Å². The minimum Gasteiger partial charge on any atom is -0.481 e. The molecule has 7 atom stereocenters. The van der Waals surface area contributed by atoms with Crippen LogP contribution in [0.1, 0.15) is 164 Å². The molecule has 0 unspecified atom stereocenters. The van der Waals surface area contributed by atoms with E-state index in [4.69, 9.17) is 58.1 Å². The number of amides is 6. The third-order valence-corrected chi connectivity index (χ3v) is 27.3. The molecule has 10 N–H and O–H groups in total. The Morgan fingerprint density at radius 3 is 1.79 bits per heavy atom. The molecular weight excluding hydrogens is 1760 g/mol. The monoisotopic (exact) mass is 1860 g/mol. The molecule has 682 valence electrons. The van der Waals surface area contributed by atoms with Gasteiger partial charge in [0.2, 0.25) is 35.4 Å². The normalized spacial score (nSPS) is 22.0. The molecule has 9 heterocycles. The number of guanidine groups is 5. The van der Waals surface area contributed by atoms with Gasteiger partial charge in [-0.25, -0.2) is 29.9 Å². The Balaban J connectivity index is 0.000000135. The van der Waals surface area contributed by atoms with Crippen LogP contribution in [-0.4, -0.2) is 160 Å². The molecule has 0 spiro atoms. The van der Waals surface area contributed by atoms with Crippen LogP contribution in [0.2, 0.25) is 0 Å². The molecule has 8 aromatic carbocycles. The SMILES string of the molecule is CCCC(=O)N1CCC[C@H](CN2C(=O)C(c3ccccc3)(c3ccccc3)N=C2N)C1.CN1C(=O)C[C@@](C)(Cc2cccc(Br)c2)N=C1N.CN1C(=O)C[C@@](C)(c2cccc(-c3cccc(CC#N)c3)c2)N=C1N.CN1C(=O)[C@H](c2ccc(C3CC3)cc2)[C@@](C)(c2cccc(C#N)c2)N=C1N.COc1cccc(-c2csc([C@@]3(C)N=C(N)N(C)C(=O)[C@H]3c3ccc4occc4c3)c2)n1. The molecule has 29 heteroatoms. The summed E-state index contributed by atoms with van der Waals surface area (Å²) in [5, 5.41) is 21.1. The Morgan fingerprint density at radius 2 is 1.15 bits per heavy atom. The van der Waals surface area contributed by atoms with E-state index in [-0.39, 0.29) is 71.6 Å². The van der Waals surface area contributed by atoms with Crippen molar-refractivity contribution >= 4 is 103 Å². The van der Waals surface area contributed by atoms with Crippen molar-refractivity contribution in [2.24, 2.45) is 59.5 Å². The third-order valence-electron chi connectivity index (χ3n) is 25.7. The maximum Gasteiger partial charge on any atom is 0.266 e. The smallest absolute Gasteiger partial charge is 0.266 e. The summed E-state index contributed by atoms with van der Waals surface area (Å²) in [6.07, 6.45) is 9.21. The highest BCUT2D eigenvalue weighted by atomic mass is 79.9. The number of methoxy groups -OCH3 is 1. The average Bonchev–Trinajstić information content (AvgIpc) is 1.65. The minimum absolute atomic E-state index is 0.0139. The number of likely N-dealkylation sites (tertiary alicyclic amines) is 1. The van der Waals surface area contributed by atoms with Crippen LogP contribution in [0.3, 0.4) is 0 Å². The first-order valence-electron chi connectivity index (χ1n) is 44.3. The number of nitriles is 2. The van der Waals surface area contributed by atoms with Crippen molar-refractivity contribution in [1.29, 1.82) is 10.5 Å². The van der Waals surface area contributed by atoms with E-state index in [0.717, 1.165) is 113 Å². The van der Waals surface area contributed by atoms with Gasteiger partial charge < -0.3 is 42.7 Å². The summed E-state index contributed by atoms with van der Waals surface area (Å²) in [6, 6.07) is 78.4. The number of benzene rings is 8. The maximum absolute atomic E-state index is 13.9. The Bertz CT molecular complexity index is 6420. The molecule has 0 radical (unpaired) electrons. The number of likely N-dealkylation sites (N-methyl/N-ethyl adjacent to an activating group) is 2. The zero-order valence-corrected chi connectivity index (χ0v) is 78.7. The fraction of sp³-hybridized carbons (Fsp3) is 0.308. The number of nitrogens with zero attached hydrogens (tertiary/aromatic N) is 14. The van der Waals surface area contributed by atoms with E-state index in [1.54, 1.807) is 64.7 Å². The molecule has 27 nitrogen and oxygen atoms in total. The summed E-state index contributed by atoms with van der Waals surface area (Å²) >= 11 is 4.98. The largest absolute Gasteiger partial charge is 0.481 e. The zero-order valence-electron chi connectivity index (χ0n) is 76.3. The number of carbonyl (C=O) groups excluding carboxylic acids is 6. The highest BCUT2D eigenvalue weighted by Crippen LogP contribution is 2.50. The van der Waals surface area contributed by atoms with Crippen LogP contribution >= 0.6 is 27.3 Å². The van der Waals surface area contributed by atoms with Gasteiger partial charge in [-0.2, -0.15) is 10.5 Å². The number of aliphatic imine (C=N–C) groups is 5. The number of rotatable bonds is 18. The van der Waals surface area contributed by atoms with Crippen molar-refractivity contribution in [3.05, 3.63) is 307 Å². The fourth-order valence-electron chi connectivity index (χ4n) is 18.0. The summed E-state index contributed by atoms with van der Waals surface area (Å²) in [6.45, 7) is 11.7. The molecule has 11 aromatic rings. The number of aromatic nitrogens is 1. The lowest BCUT2D eigenvalue weighted by molar-refractivity contribution is -0.134. The third kappa shape index (κ3) is 20.5. The summed E-state index contributed by atoms with van der Waals surface area (Å²) in [5.41, 5.74) is 39.9. The van der Waals surface area contributed by atoms with Crippen LogP contribution in [0.5, 0.6) is 5.88 Å². The van der Waals surface area contributed by atoms with Crippen LogP contribution < -0.4 is 33.4 Å². The standard InChI is InChI=1S/C25H30N4O2.C24H22N4O3S.C22H22N4O.C20H20N4O.C13H16BrN3O/c1-2-10-22(30)28-16-9-11-19(17-28)18-29-23(31)25(27-24(29)26,20-12-5-3-6-13-20)21-14-7-4-8-15-21;1-24(19-12-16(13-32-19)17-5-4-6-20(26-17)30-3)21(22(29)28(2)23(25)27-24)15-7-8-18-14(11-15)9-10-31-18;1-22(18-5-3-4-14(12-18)13-23)19(20(27)26(2)21(24)25-22)17-10-8-16(9-11-17)15-6-7-15;1-20(13-18(25)24(2)19(22)23-20)17-8-4-7-16(12-17)15-6-3-5-14(11-15)9-10-21;1-13(7-9-4-3-5-10(14)6-9)8-11(18)17(2)12(15)16-13/h3-8,12-15,19H,2,9-11,16-18H2,1H3,(H2,26,27);4-13,21H,1-3H3,(H2,25,27);3-5,8-12,15,19H,6-7H2,1-2H3,(H2,24,25);3-8,11-12H,9,13H2,1-2H3,(H2,22,23);3-6H,7-8H2,1-2H3,(H2,15,16)/t19-;21-,24-;19-,22+;20-;13-/m01001/s1. The Labute approximate surface area is 787 Å². The molecule has 1 aliphatic carbocycles. The van der Waals surface area contributed by atoms with Crippen molar-refractivity contribution < 1.29 is 37.9 Å². The second-order valence-electron chi connectivity index (χ2n) is 35.3. The fourth-order valence-corrected chi connectivity index (χ4v) is 19.5. The molecule has 7 aliphatic rings. The number of carbonyl (C=O) groups is 6. The molecule has 0 bridgehead atoms. The van der Waals surface area contributed by atoms with Crippen LogP contribution in [0.4, 0.5) is 0 Å². The lowest BCUT2D eigenvalue weighted by atomic mass is 9.74. The average molecular weight is 1870 g/mol. The summed E-state index contributed by atoms with van der Waals surface area (Å²) in [4.78, 5) is 115.